The highest BCUT2D eigenvalue weighted by Crippen LogP contribution is 2.22. The second-order valence-electron chi connectivity index (χ2n) is 5.92. The van der Waals surface area contributed by atoms with Crippen molar-refractivity contribution in [1.29, 1.82) is 0 Å². The molecule has 0 radical (unpaired) electrons. The normalized spacial score (nSPS) is 21.4. The van der Waals surface area contributed by atoms with Gasteiger partial charge in [-0.1, -0.05) is 60.7 Å². The Morgan fingerprint density at radius 2 is 1.79 bits per heavy atom. The van der Waals surface area contributed by atoms with Crippen molar-refractivity contribution in [1.82, 2.24) is 16.2 Å². The Labute approximate surface area is 142 Å². The Hall–Kier alpha value is -2.21. The Bertz CT molecular complexity index is 648. The van der Waals surface area contributed by atoms with Crippen LogP contribution in [0, 0.1) is 0 Å². The molecule has 0 spiro atoms. The van der Waals surface area contributed by atoms with Gasteiger partial charge in [0, 0.05) is 19.7 Å². The third-order valence-corrected chi connectivity index (χ3v) is 4.34. The first-order valence-electron chi connectivity index (χ1n) is 8.19. The van der Waals surface area contributed by atoms with Crippen LogP contribution < -0.4 is 16.2 Å². The molecule has 5 heteroatoms. The van der Waals surface area contributed by atoms with E-state index in [0.29, 0.717) is 6.54 Å². The molecule has 0 saturated carbocycles. The van der Waals surface area contributed by atoms with Gasteiger partial charge in [-0.2, -0.15) is 0 Å². The number of benzene rings is 2. The molecule has 126 valence electrons. The fraction of sp³-hybridized carbons (Fsp3) is 0.316. The largest absolute Gasteiger partial charge is 0.375 e. The number of hydrogen-bond donors (Lipinski definition) is 3. The van der Waals surface area contributed by atoms with Gasteiger partial charge in [0.05, 0.1) is 6.10 Å². The van der Waals surface area contributed by atoms with Gasteiger partial charge in [0.1, 0.15) is 6.04 Å². The Morgan fingerprint density at radius 3 is 2.46 bits per heavy atom. The first kappa shape index (κ1) is 16.6. The number of nitrogens with one attached hydrogen (secondary N) is 3. The van der Waals surface area contributed by atoms with E-state index < -0.39 is 0 Å². The van der Waals surface area contributed by atoms with Crippen molar-refractivity contribution in [3.63, 3.8) is 0 Å². The standard InChI is InChI=1S/C19H23N3O2/c1-24-18(15-10-6-3-7-11-15)13-20-19(23)17-12-16(21-22-17)14-8-4-2-5-9-14/h2-11,16-18,21-22H,12-13H2,1H3,(H,20,23). The highest BCUT2D eigenvalue weighted by Gasteiger charge is 2.30. The summed E-state index contributed by atoms with van der Waals surface area (Å²) in [4.78, 5) is 12.4. The number of hydrogen-bond acceptors (Lipinski definition) is 4. The van der Waals surface area contributed by atoms with Gasteiger partial charge < -0.3 is 10.1 Å². The van der Waals surface area contributed by atoms with Crippen LogP contribution in [0.1, 0.15) is 29.7 Å². The predicted molar refractivity (Wildman–Crippen MR) is 93.1 cm³/mol. The Balaban J connectivity index is 1.52. The lowest BCUT2D eigenvalue weighted by Gasteiger charge is -2.18. The van der Waals surface area contributed by atoms with Gasteiger partial charge >= 0.3 is 0 Å². The van der Waals surface area contributed by atoms with Gasteiger partial charge in [0.25, 0.3) is 0 Å². The molecule has 3 N–H and O–H groups in total. The molecule has 2 aromatic rings. The van der Waals surface area contributed by atoms with E-state index in [1.165, 1.54) is 5.56 Å². The highest BCUT2D eigenvalue weighted by molar-refractivity contribution is 5.82. The topological polar surface area (TPSA) is 62.4 Å². The molecule has 0 aliphatic carbocycles. The van der Waals surface area contributed by atoms with Crippen LogP contribution in [0.4, 0.5) is 0 Å². The molecule has 1 heterocycles. The van der Waals surface area contributed by atoms with Crippen LogP contribution in [0.5, 0.6) is 0 Å². The maximum atomic E-state index is 12.4. The lowest BCUT2D eigenvalue weighted by atomic mass is 10.0. The van der Waals surface area contributed by atoms with Crippen LogP contribution in [-0.4, -0.2) is 25.6 Å². The average Bonchev–Trinajstić information content (AvgIpc) is 3.14. The summed E-state index contributed by atoms with van der Waals surface area (Å²) >= 11 is 0. The molecular formula is C19H23N3O2. The fourth-order valence-corrected chi connectivity index (χ4v) is 2.95. The van der Waals surface area contributed by atoms with E-state index >= 15 is 0 Å². The van der Waals surface area contributed by atoms with Crippen molar-refractivity contribution in [2.45, 2.75) is 24.6 Å². The van der Waals surface area contributed by atoms with Crippen molar-refractivity contribution >= 4 is 5.91 Å². The summed E-state index contributed by atoms with van der Waals surface area (Å²) in [5.41, 5.74) is 8.51. The van der Waals surface area contributed by atoms with Gasteiger partial charge in [-0.05, 0) is 17.5 Å². The first-order chi connectivity index (χ1) is 11.8. The summed E-state index contributed by atoms with van der Waals surface area (Å²) in [5, 5.41) is 2.98. The van der Waals surface area contributed by atoms with E-state index in [4.69, 9.17) is 4.74 Å². The fourth-order valence-electron chi connectivity index (χ4n) is 2.95. The third-order valence-electron chi connectivity index (χ3n) is 4.34. The Kier molecular flexibility index (Phi) is 5.59. The molecule has 1 amide bonds. The minimum Gasteiger partial charge on any atom is -0.375 e. The zero-order valence-electron chi connectivity index (χ0n) is 13.7. The van der Waals surface area contributed by atoms with Crippen molar-refractivity contribution in [2.75, 3.05) is 13.7 Å². The second-order valence-corrected chi connectivity index (χ2v) is 5.92. The molecule has 5 nitrogen and oxygen atoms in total. The monoisotopic (exact) mass is 325 g/mol. The Morgan fingerprint density at radius 1 is 1.12 bits per heavy atom. The van der Waals surface area contributed by atoms with Crippen LogP contribution in [0.2, 0.25) is 0 Å². The van der Waals surface area contributed by atoms with E-state index in [2.05, 4.69) is 28.3 Å². The average molecular weight is 325 g/mol. The van der Waals surface area contributed by atoms with Crippen molar-refractivity contribution in [3.05, 3.63) is 71.8 Å². The van der Waals surface area contributed by atoms with Crippen LogP contribution in [0.3, 0.4) is 0 Å². The second kappa shape index (κ2) is 8.06. The molecule has 1 saturated heterocycles. The summed E-state index contributed by atoms with van der Waals surface area (Å²) < 4.78 is 5.49. The number of carbonyl (C=O) groups excluding carboxylic acids is 1. The van der Waals surface area contributed by atoms with Gasteiger partial charge in [0.15, 0.2) is 0 Å². The number of methoxy groups -OCH3 is 1. The molecule has 2 aromatic carbocycles. The van der Waals surface area contributed by atoms with Crippen LogP contribution in [0.15, 0.2) is 60.7 Å². The van der Waals surface area contributed by atoms with Gasteiger partial charge in [-0.15, -0.1) is 0 Å². The van der Waals surface area contributed by atoms with Crippen molar-refractivity contribution in [2.24, 2.45) is 0 Å². The molecule has 3 unspecified atom stereocenters. The minimum atomic E-state index is -0.247. The number of rotatable bonds is 6. The molecule has 1 fully saturated rings. The summed E-state index contributed by atoms with van der Waals surface area (Å²) in [6, 6.07) is 19.9. The molecule has 3 atom stereocenters. The van der Waals surface area contributed by atoms with E-state index in [1.54, 1.807) is 7.11 Å². The van der Waals surface area contributed by atoms with Crippen LogP contribution in [-0.2, 0) is 9.53 Å². The summed E-state index contributed by atoms with van der Waals surface area (Å²) in [5.74, 6) is -0.0149. The lowest BCUT2D eigenvalue weighted by Crippen LogP contribution is -2.44. The molecule has 1 aliphatic heterocycles. The summed E-state index contributed by atoms with van der Waals surface area (Å²) in [7, 11) is 1.66. The van der Waals surface area contributed by atoms with Crippen molar-refractivity contribution in [3.8, 4) is 0 Å². The first-order valence-corrected chi connectivity index (χ1v) is 8.19. The molecule has 0 bridgehead atoms. The highest BCUT2D eigenvalue weighted by atomic mass is 16.5. The molecular weight excluding hydrogens is 302 g/mol. The number of amides is 1. The van der Waals surface area contributed by atoms with E-state index in [-0.39, 0.29) is 24.1 Å². The summed E-state index contributed by atoms with van der Waals surface area (Å²) in [6.45, 7) is 0.452. The maximum absolute atomic E-state index is 12.4. The minimum absolute atomic E-state index is 0.0149. The quantitative estimate of drug-likeness (QED) is 0.761. The van der Waals surface area contributed by atoms with Gasteiger partial charge in [-0.3, -0.25) is 4.79 Å². The van der Waals surface area contributed by atoms with E-state index in [0.717, 1.165) is 12.0 Å². The van der Waals surface area contributed by atoms with Crippen LogP contribution in [0.25, 0.3) is 0 Å². The molecule has 24 heavy (non-hydrogen) atoms. The molecule has 1 aliphatic rings. The lowest BCUT2D eigenvalue weighted by molar-refractivity contribution is -0.123. The van der Waals surface area contributed by atoms with E-state index in [9.17, 15) is 4.79 Å². The number of hydrazine groups is 1. The summed E-state index contributed by atoms with van der Waals surface area (Å²) in [6.07, 6.45) is 0.577. The third kappa shape index (κ3) is 4.00. The van der Waals surface area contributed by atoms with Gasteiger partial charge in [0.2, 0.25) is 5.91 Å². The van der Waals surface area contributed by atoms with E-state index in [1.807, 2.05) is 48.5 Å². The number of ether oxygens (including phenoxy) is 1. The van der Waals surface area contributed by atoms with Crippen LogP contribution >= 0.6 is 0 Å². The SMILES string of the molecule is COC(CNC(=O)C1CC(c2ccccc2)NN1)c1ccccc1. The molecule has 3 rings (SSSR count). The number of carbonyl (C=O) groups is 1. The van der Waals surface area contributed by atoms with Crippen molar-refractivity contribution < 1.29 is 9.53 Å². The maximum Gasteiger partial charge on any atom is 0.238 e. The predicted octanol–water partition coefficient (Wildman–Crippen LogP) is 2.10. The molecule has 0 aromatic heterocycles. The van der Waals surface area contributed by atoms with Gasteiger partial charge in [-0.25, -0.2) is 10.9 Å². The zero-order valence-corrected chi connectivity index (χ0v) is 13.7. The zero-order chi connectivity index (χ0) is 16.8. The smallest absolute Gasteiger partial charge is 0.238 e.